The number of aromatic nitrogens is 4. The van der Waals surface area contributed by atoms with Crippen LogP contribution in [0.3, 0.4) is 0 Å². The van der Waals surface area contributed by atoms with Gasteiger partial charge in [0.25, 0.3) is 5.91 Å². The Morgan fingerprint density at radius 2 is 1.77 bits per heavy atom. The summed E-state index contributed by atoms with van der Waals surface area (Å²) in [6, 6.07) is 8.51. The van der Waals surface area contributed by atoms with Crippen molar-refractivity contribution in [3.8, 4) is 16.9 Å². The minimum Gasteiger partial charge on any atom is -0.434 e. The summed E-state index contributed by atoms with van der Waals surface area (Å²) >= 11 is 0. The number of fused-ring (bicyclic) bond motifs is 9. The van der Waals surface area contributed by atoms with Crippen LogP contribution in [-0.4, -0.2) is 82.2 Å². The van der Waals surface area contributed by atoms with Crippen molar-refractivity contribution in [3.05, 3.63) is 71.3 Å². The number of hydrogen-bond donors (Lipinski definition) is 0. The highest BCUT2D eigenvalue weighted by Gasteiger charge is 2.46. The van der Waals surface area contributed by atoms with Gasteiger partial charge in [-0.25, -0.2) is 14.5 Å². The maximum atomic E-state index is 13.4. The lowest BCUT2D eigenvalue weighted by Crippen LogP contribution is -2.45. The molecule has 7 rings (SSSR count). The van der Waals surface area contributed by atoms with E-state index in [4.69, 9.17) is 9.84 Å². The molecule has 0 saturated carbocycles. The summed E-state index contributed by atoms with van der Waals surface area (Å²) in [6.07, 6.45) is 6.11. The molecule has 0 radical (unpaired) electrons. The summed E-state index contributed by atoms with van der Waals surface area (Å²) in [4.78, 5) is 28.7. The highest BCUT2D eigenvalue weighted by Crippen LogP contribution is 2.53. The summed E-state index contributed by atoms with van der Waals surface area (Å²) in [5, 5.41) is 4.83. The van der Waals surface area contributed by atoms with E-state index in [9.17, 15) is 13.6 Å². The topological polar surface area (TPSA) is 79.1 Å². The Hall–Kier alpha value is -4.12. The van der Waals surface area contributed by atoms with Crippen molar-refractivity contribution in [2.75, 3.05) is 45.2 Å². The van der Waals surface area contributed by atoms with Crippen LogP contribution in [0.15, 0.2) is 48.9 Å². The number of likely N-dealkylation sites (N-methyl/N-ethyl adjacent to an activating group) is 1. The molecule has 200 valence electrons. The van der Waals surface area contributed by atoms with E-state index in [1.807, 2.05) is 30.7 Å². The van der Waals surface area contributed by atoms with Crippen LogP contribution >= 0.6 is 0 Å². The lowest BCUT2D eigenvalue weighted by Gasteiger charge is -2.32. The summed E-state index contributed by atoms with van der Waals surface area (Å²) < 4.78 is 33.4. The summed E-state index contributed by atoms with van der Waals surface area (Å²) in [5.41, 5.74) is 5.26. The quantitative estimate of drug-likeness (QED) is 0.396. The van der Waals surface area contributed by atoms with E-state index in [-0.39, 0.29) is 23.6 Å². The van der Waals surface area contributed by atoms with Gasteiger partial charge in [0.2, 0.25) is 5.95 Å². The van der Waals surface area contributed by atoms with Crippen LogP contribution in [0.25, 0.3) is 16.6 Å². The van der Waals surface area contributed by atoms with Crippen LogP contribution in [0.2, 0.25) is 0 Å². The Balaban J connectivity index is 1.31. The summed E-state index contributed by atoms with van der Waals surface area (Å²) in [6.45, 7) is 0.743. The number of carbonyl (C=O) groups excluding carboxylic acids is 1. The van der Waals surface area contributed by atoms with Gasteiger partial charge in [-0.15, -0.1) is 0 Å². The van der Waals surface area contributed by atoms with Crippen molar-refractivity contribution in [2.45, 2.75) is 25.0 Å². The first-order valence-electron chi connectivity index (χ1n) is 13.0. The van der Waals surface area contributed by atoms with Gasteiger partial charge in [0.05, 0.1) is 17.3 Å². The second-order valence-corrected chi connectivity index (χ2v) is 10.4. The van der Waals surface area contributed by atoms with Crippen molar-refractivity contribution in [3.63, 3.8) is 0 Å². The average molecular weight is 532 g/mol. The van der Waals surface area contributed by atoms with Crippen molar-refractivity contribution in [1.29, 1.82) is 0 Å². The first-order valence-corrected chi connectivity index (χ1v) is 13.0. The number of piperazine rings is 1. The zero-order chi connectivity index (χ0) is 26.8. The van der Waals surface area contributed by atoms with Crippen molar-refractivity contribution >= 4 is 17.4 Å². The number of hydrogen-bond acceptors (Lipinski definition) is 7. The molecule has 3 aromatic heterocycles. The number of benzene rings is 1. The first kappa shape index (κ1) is 24.0. The van der Waals surface area contributed by atoms with E-state index in [1.165, 1.54) is 6.07 Å². The van der Waals surface area contributed by atoms with Crippen LogP contribution < -0.4 is 9.64 Å². The molecule has 1 fully saturated rings. The number of amides is 1. The number of nitrogens with zero attached hydrogens (tertiary/aromatic N) is 7. The largest absolute Gasteiger partial charge is 0.434 e. The molecule has 11 heteroatoms. The van der Waals surface area contributed by atoms with Crippen molar-refractivity contribution in [2.24, 2.45) is 0 Å². The number of ether oxygens (including phenoxy) is 1. The van der Waals surface area contributed by atoms with Gasteiger partial charge < -0.3 is 19.4 Å². The highest BCUT2D eigenvalue weighted by molar-refractivity contribution is 5.98. The molecular formula is C28H27F2N7O2. The molecule has 1 amide bonds. The van der Waals surface area contributed by atoms with Gasteiger partial charge in [-0.3, -0.25) is 4.79 Å². The minimum atomic E-state index is -2.99. The molecule has 2 aliphatic heterocycles. The first-order chi connectivity index (χ1) is 18.9. The van der Waals surface area contributed by atoms with Gasteiger partial charge in [0.1, 0.15) is 5.75 Å². The van der Waals surface area contributed by atoms with E-state index in [2.05, 4.69) is 26.8 Å². The maximum absolute atomic E-state index is 13.4. The van der Waals surface area contributed by atoms with Crippen molar-refractivity contribution in [1.82, 2.24) is 29.4 Å². The van der Waals surface area contributed by atoms with Gasteiger partial charge in [-0.2, -0.15) is 13.9 Å². The van der Waals surface area contributed by atoms with E-state index in [0.717, 1.165) is 60.0 Å². The molecule has 0 spiro atoms. The van der Waals surface area contributed by atoms with Crippen LogP contribution in [0.4, 0.5) is 14.7 Å². The third-order valence-corrected chi connectivity index (χ3v) is 8.23. The van der Waals surface area contributed by atoms with Crippen LogP contribution in [-0.2, 0) is 0 Å². The summed E-state index contributed by atoms with van der Waals surface area (Å²) in [5.74, 6) is 0.218. The molecule has 1 aliphatic carbocycles. The number of alkyl halides is 2. The number of rotatable bonds is 4. The van der Waals surface area contributed by atoms with Crippen LogP contribution in [0.5, 0.6) is 5.75 Å². The number of anilines is 1. The zero-order valence-corrected chi connectivity index (χ0v) is 21.6. The number of carbonyl (C=O) groups is 1. The fourth-order valence-electron chi connectivity index (χ4n) is 6.18. The van der Waals surface area contributed by atoms with Gasteiger partial charge in [0, 0.05) is 80.0 Å². The molecule has 5 heterocycles. The molecule has 2 atom stereocenters. The second-order valence-electron chi connectivity index (χ2n) is 10.4. The average Bonchev–Trinajstić information content (AvgIpc) is 3.46. The molecule has 3 aliphatic rings. The van der Waals surface area contributed by atoms with Gasteiger partial charge in [0.15, 0.2) is 0 Å². The predicted molar refractivity (Wildman–Crippen MR) is 140 cm³/mol. The number of halogens is 2. The standard InChI is InChI=1S/C28H27F2N7O2/c1-34-8-10-36(11-9-34)28-31-14-17(15-32-28)16-6-7-37-20(12-16)24-19-13-21(25(24)33-37)35(2)26(38)18-4-3-5-22(23(18)19)39-27(29)30/h3-7,12,14-15,19,21,27H,8-11,13H2,1-2H3. The van der Waals surface area contributed by atoms with Gasteiger partial charge in [-0.05, 0) is 43.3 Å². The predicted octanol–water partition coefficient (Wildman–Crippen LogP) is 3.81. The molecule has 1 saturated heterocycles. The molecule has 2 unspecified atom stereocenters. The monoisotopic (exact) mass is 531 g/mol. The molecule has 1 aromatic carbocycles. The van der Waals surface area contributed by atoms with Gasteiger partial charge in [-0.1, -0.05) is 6.07 Å². The molecule has 9 nitrogen and oxygen atoms in total. The minimum absolute atomic E-state index is 0.0335. The third kappa shape index (κ3) is 3.82. The Morgan fingerprint density at radius 1 is 1.00 bits per heavy atom. The Labute approximate surface area is 223 Å². The normalized spacial score (nSPS) is 20.9. The zero-order valence-electron chi connectivity index (χ0n) is 21.6. The Bertz CT molecular complexity index is 1580. The van der Waals surface area contributed by atoms with E-state index >= 15 is 0 Å². The fourth-order valence-corrected chi connectivity index (χ4v) is 6.18. The Morgan fingerprint density at radius 3 is 2.51 bits per heavy atom. The second kappa shape index (κ2) is 8.98. The maximum Gasteiger partial charge on any atom is 0.387 e. The fraction of sp³-hybridized carbons (Fsp3) is 0.357. The van der Waals surface area contributed by atoms with Crippen LogP contribution in [0.1, 0.15) is 45.6 Å². The molecule has 4 aromatic rings. The lowest BCUT2D eigenvalue weighted by atomic mass is 9.88. The SMILES string of the molecule is CN1CCN(c2ncc(-c3ccn4nc5c(c4c3)C3CC5N(C)C(=O)c4cccc(OC(F)F)c43)cn2)CC1. The highest BCUT2D eigenvalue weighted by atomic mass is 19.3. The molecule has 2 bridgehead atoms. The number of pyridine rings is 1. The molecule has 0 N–H and O–H groups in total. The van der Waals surface area contributed by atoms with Crippen molar-refractivity contribution < 1.29 is 18.3 Å². The molecule has 39 heavy (non-hydrogen) atoms. The Kier molecular flexibility index (Phi) is 5.51. The van der Waals surface area contributed by atoms with E-state index in [1.54, 1.807) is 28.6 Å². The smallest absolute Gasteiger partial charge is 0.387 e. The lowest BCUT2D eigenvalue weighted by molar-refractivity contribution is -0.0505. The van der Waals surface area contributed by atoms with E-state index in [0.29, 0.717) is 17.5 Å². The third-order valence-electron chi connectivity index (χ3n) is 8.23. The molecular weight excluding hydrogens is 504 g/mol. The van der Waals surface area contributed by atoms with E-state index < -0.39 is 6.61 Å². The van der Waals surface area contributed by atoms with Crippen LogP contribution in [0, 0.1) is 0 Å². The summed E-state index contributed by atoms with van der Waals surface area (Å²) in [7, 11) is 3.85. The van der Waals surface area contributed by atoms with Gasteiger partial charge >= 0.3 is 6.61 Å².